The van der Waals surface area contributed by atoms with Crippen molar-refractivity contribution in [2.45, 2.75) is 52.1 Å². The van der Waals surface area contributed by atoms with Crippen LogP contribution in [-0.4, -0.2) is 27.7 Å². The maximum Gasteiger partial charge on any atom is 0.416 e. The maximum absolute atomic E-state index is 13.5. The Labute approximate surface area is 189 Å². The number of amides is 1. The molecule has 0 bridgehead atoms. The van der Waals surface area contributed by atoms with Crippen LogP contribution in [0.25, 0.3) is 10.9 Å². The molecule has 3 aromatic rings. The minimum Gasteiger partial charge on any atom is -0.444 e. The number of rotatable bonds is 2. The molecule has 1 aliphatic rings. The molecule has 174 valence electrons. The lowest BCUT2D eigenvalue weighted by Gasteiger charge is -2.32. The number of pyridine rings is 1. The molecule has 0 N–H and O–H groups in total. The zero-order valence-electron chi connectivity index (χ0n) is 18.7. The molecule has 33 heavy (non-hydrogen) atoms. The van der Waals surface area contributed by atoms with Gasteiger partial charge in [0.15, 0.2) is 0 Å². The van der Waals surface area contributed by atoms with Crippen LogP contribution < -0.4 is 5.56 Å². The third-order valence-corrected chi connectivity index (χ3v) is 5.64. The number of nitrogens with zero attached hydrogens (tertiary/aromatic N) is 2. The average molecular weight is 458 g/mol. The quantitative estimate of drug-likeness (QED) is 0.519. The minimum atomic E-state index is -4.42. The molecule has 2 aromatic carbocycles. The number of hydrogen-bond donors (Lipinski definition) is 0. The fourth-order valence-electron chi connectivity index (χ4n) is 4.11. The highest BCUT2D eigenvalue weighted by atomic mass is 19.4. The topological polar surface area (TPSA) is 51.5 Å². The Morgan fingerprint density at radius 3 is 2.30 bits per heavy atom. The van der Waals surface area contributed by atoms with Gasteiger partial charge in [-0.1, -0.05) is 30.3 Å². The molecule has 0 atom stereocenters. The Kier molecular flexibility index (Phi) is 5.72. The number of ether oxygens (including phenoxy) is 1. The van der Waals surface area contributed by atoms with Gasteiger partial charge in [-0.25, -0.2) is 4.79 Å². The van der Waals surface area contributed by atoms with Crippen molar-refractivity contribution in [3.63, 3.8) is 0 Å². The van der Waals surface area contributed by atoms with Crippen molar-refractivity contribution >= 4 is 17.0 Å². The summed E-state index contributed by atoms with van der Waals surface area (Å²) >= 11 is 0. The van der Waals surface area contributed by atoms with Crippen LogP contribution in [0.5, 0.6) is 0 Å². The molecule has 0 unspecified atom stereocenters. The van der Waals surface area contributed by atoms with Gasteiger partial charge >= 0.3 is 12.3 Å². The van der Waals surface area contributed by atoms with Gasteiger partial charge in [0.1, 0.15) is 5.60 Å². The van der Waals surface area contributed by atoms with E-state index in [1.807, 2.05) is 24.3 Å². The van der Waals surface area contributed by atoms with E-state index in [2.05, 4.69) is 0 Å². The summed E-state index contributed by atoms with van der Waals surface area (Å²) in [6.45, 7) is 6.04. The van der Waals surface area contributed by atoms with Crippen LogP contribution in [0.3, 0.4) is 0 Å². The van der Waals surface area contributed by atoms with Gasteiger partial charge in [0.05, 0.1) is 24.2 Å². The molecule has 0 saturated heterocycles. The molecule has 8 heteroatoms. The first-order valence-electron chi connectivity index (χ1n) is 10.7. The van der Waals surface area contributed by atoms with Crippen LogP contribution in [0.2, 0.25) is 0 Å². The summed E-state index contributed by atoms with van der Waals surface area (Å²) in [6, 6.07) is 12.3. The summed E-state index contributed by atoms with van der Waals surface area (Å²) in [6.07, 6.45) is -4.38. The number of hydrogen-bond acceptors (Lipinski definition) is 3. The SMILES string of the molecule is CC(C)(C)OC(=O)N1CCc2c(c(=O)n(Cc3ccc(C(F)(F)F)cc3)c3ccccc23)C1. The Morgan fingerprint density at radius 2 is 1.67 bits per heavy atom. The van der Waals surface area contributed by atoms with Crippen LogP contribution >= 0.6 is 0 Å². The Morgan fingerprint density at radius 1 is 1.00 bits per heavy atom. The molecular formula is C25H25F3N2O3. The fourth-order valence-corrected chi connectivity index (χ4v) is 4.11. The Hall–Kier alpha value is -3.29. The van der Waals surface area contributed by atoms with E-state index in [4.69, 9.17) is 4.74 Å². The molecule has 0 fully saturated rings. The number of carbonyl (C=O) groups excluding carboxylic acids is 1. The molecule has 0 aliphatic carbocycles. The molecule has 1 amide bonds. The molecule has 4 rings (SSSR count). The second-order valence-corrected chi connectivity index (χ2v) is 9.21. The first-order chi connectivity index (χ1) is 15.4. The number of fused-ring (bicyclic) bond motifs is 3. The van der Waals surface area contributed by atoms with Gasteiger partial charge in [0, 0.05) is 17.5 Å². The molecule has 5 nitrogen and oxygen atoms in total. The highest BCUT2D eigenvalue weighted by Gasteiger charge is 2.31. The minimum absolute atomic E-state index is 0.122. The molecule has 1 aliphatic heterocycles. The predicted molar refractivity (Wildman–Crippen MR) is 119 cm³/mol. The van der Waals surface area contributed by atoms with Crippen molar-refractivity contribution in [2.24, 2.45) is 0 Å². The number of carbonyl (C=O) groups is 1. The van der Waals surface area contributed by atoms with Gasteiger partial charge in [-0.05, 0) is 56.5 Å². The fraction of sp³-hybridized carbons (Fsp3) is 0.360. The van der Waals surface area contributed by atoms with Gasteiger partial charge in [0.2, 0.25) is 0 Å². The lowest BCUT2D eigenvalue weighted by Crippen LogP contribution is -2.43. The van der Waals surface area contributed by atoms with E-state index < -0.39 is 23.4 Å². The smallest absolute Gasteiger partial charge is 0.416 e. The van der Waals surface area contributed by atoms with E-state index in [1.165, 1.54) is 17.0 Å². The normalized spacial score (nSPS) is 14.3. The summed E-state index contributed by atoms with van der Waals surface area (Å²) in [4.78, 5) is 27.6. The van der Waals surface area contributed by atoms with Crippen LogP contribution in [0, 0.1) is 0 Å². The Balaban J connectivity index is 1.74. The third-order valence-electron chi connectivity index (χ3n) is 5.64. The van der Waals surface area contributed by atoms with Crippen molar-refractivity contribution < 1.29 is 22.7 Å². The van der Waals surface area contributed by atoms with Gasteiger partial charge in [0.25, 0.3) is 5.56 Å². The van der Waals surface area contributed by atoms with E-state index in [0.29, 0.717) is 29.6 Å². The van der Waals surface area contributed by atoms with Crippen molar-refractivity contribution in [3.8, 4) is 0 Å². The van der Waals surface area contributed by atoms with Crippen molar-refractivity contribution in [1.29, 1.82) is 0 Å². The lowest BCUT2D eigenvalue weighted by atomic mass is 9.96. The summed E-state index contributed by atoms with van der Waals surface area (Å²) in [7, 11) is 0. The summed E-state index contributed by atoms with van der Waals surface area (Å²) in [5, 5.41) is 0.905. The monoisotopic (exact) mass is 458 g/mol. The summed E-state index contributed by atoms with van der Waals surface area (Å²) in [5.41, 5.74) is 1.07. The zero-order chi connectivity index (χ0) is 24.0. The van der Waals surface area contributed by atoms with Crippen LogP contribution in [0.1, 0.15) is 43.0 Å². The Bertz CT molecular complexity index is 1260. The second-order valence-electron chi connectivity index (χ2n) is 9.21. The van der Waals surface area contributed by atoms with E-state index >= 15 is 0 Å². The lowest BCUT2D eigenvalue weighted by molar-refractivity contribution is -0.137. The van der Waals surface area contributed by atoms with Gasteiger partial charge in [-0.15, -0.1) is 0 Å². The van der Waals surface area contributed by atoms with Crippen molar-refractivity contribution in [3.05, 3.63) is 81.1 Å². The van der Waals surface area contributed by atoms with Crippen LogP contribution in [0.4, 0.5) is 18.0 Å². The van der Waals surface area contributed by atoms with Gasteiger partial charge < -0.3 is 14.2 Å². The molecule has 0 spiro atoms. The van der Waals surface area contributed by atoms with E-state index in [9.17, 15) is 22.8 Å². The highest BCUT2D eigenvalue weighted by molar-refractivity contribution is 5.84. The number of benzene rings is 2. The van der Waals surface area contributed by atoms with Crippen molar-refractivity contribution in [1.82, 2.24) is 9.47 Å². The first-order valence-corrected chi connectivity index (χ1v) is 10.7. The molecule has 1 aromatic heterocycles. The molecule has 0 radical (unpaired) electrons. The highest BCUT2D eigenvalue weighted by Crippen LogP contribution is 2.30. The van der Waals surface area contributed by atoms with Crippen LogP contribution in [-0.2, 0) is 30.4 Å². The summed E-state index contributed by atoms with van der Waals surface area (Å²) < 4.78 is 45.8. The van der Waals surface area contributed by atoms with E-state index in [-0.39, 0.29) is 18.6 Å². The molecular weight excluding hydrogens is 433 g/mol. The zero-order valence-corrected chi connectivity index (χ0v) is 18.7. The maximum atomic E-state index is 13.5. The van der Waals surface area contributed by atoms with Crippen molar-refractivity contribution in [2.75, 3.05) is 6.54 Å². The first kappa shape index (κ1) is 22.9. The van der Waals surface area contributed by atoms with E-state index in [0.717, 1.165) is 23.1 Å². The number of alkyl halides is 3. The average Bonchev–Trinajstić information content (AvgIpc) is 2.75. The summed E-state index contributed by atoms with van der Waals surface area (Å²) in [5.74, 6) is 0. The predicted octanol–water partition coefficient (Wildman–Crippen LogP) is 5.36. The number of para-hydroxylation sites is 1. The van der Waals surface area contributed by atoms with Crippen LogP contribution in [0.15, 0.2) is 53.3 Å². The molecule has 2 heterocycles. The van der Waals surface area contributed by atoms with Gasteiger partial charge in [-0.3, -0.25) is 4.79 Å². The largest absolute Gasteiger partial charge is 0.444 e. The van der Waals surface area contributed by atoms with Gasteiger partial charge in [-0.2, -0.15) is 13.2 Å². The van der Waals surface area contributed by atoms with E-state index in [1.54, 1.807) is 25.3 Å². The number of aromatic nitrogens is 1. The standard InChI is InChI=1S/C25H25F3N2O3/c1-24(2,3)33-23(32)29-13-12-18-19-6-4-5-7-21(19)30(22(31)20(18)15-29)14-16-8-10-17(11-9-16)25(26,27)28/h4-11H,12-15H2,1-3H3. The number of halogens is 3. The molecule has 0 saturated carbocycles. The second kappa shape index (κ2) is 8.24. The third kappa shape index (κ3) is 4.74.